The molecule has 0 aliphatic heterocycles. The van der Waals surface area contributed by atoms with Crippen molar-refractivity contribution in [1.82, 2.24) is 0 Å². The van der Waals surface area contributed by atoms with E-state index in [0.717, 1.165) is 27.5 Å². The molecule has 0 bridgehead atoms. The maximum absolute atomic E-state index is 7.04. The van der Waals surface area contributed by atoms with Crippen LogP contribution in [0.2, 0.25) is 0 Å². The molecular weight excluding hydrogens is 765 g/mol. The highest BCUT2D eigenvalue weighted by Gasteiger charge is 2.42. The molecule has 12 rings (SSSR count). The van der Waals surface area contributed by atoms with Crippen molar-refractivity contribution in [2.75, 3.05) is 0 Å². The molecule has 1 heterocycles. The standard InChI is InChI=1S/C60H40OSi/c1-4-21-44(22-5-1)62(45-23-6-2-7-24-45,46-25-8-3-9-26-46)47-39-55-50-28-16-17-34-57(50)61-60(55)56(40-47)59-53-31-14-12-29-51(53)58(52-30-13-15-32-54(52)59)43-37-35-42(36-38-43)49-33-18-20-41-19-10-11-27-48(41)49/h1-40H. The molecule has 1 aromatic heterocycles. The van der Waals surface area contributed by atoms with Crippen LogP contribution in [-0.2, 0) is 0 Å². The molecule has 0 spiro atoms. The van der Waals surface area contributed by atoms with Crippen molar-refractivity contribution in [1.29, 1.82) is 0 Å². The molecule has 62 heavy (non-hydrogen) atoms. The van der Waals surface area contributed by atoms with Crippen molar-refractivity contribution >= 4 is 83.1 Å². The summed E-state index contributed by atoms with van der Waals surface area (Å²) in [6.45, 7) is 0. The Bertz CT molecular complexity index is 3450. The fourth-order valence-electron chi connectivity index (χ4n) is 10.3. The van der Waals surface area contributed by atoms with E-state index in [0.29, 0.717) is 0 Å². The van der Waals surface area contributed by atoms with E-state index in [1.807, 2.05) is 0 Å². The number of hydrogen-bond acceptors (Lipinski definition) is 1. The van der Waals surface area contributed by atoms with Gasteiger partial charge in [-0.15, -0.1) is 0 Å². The molecule has 0 radical (unpaired) electrons. The van der Waals surface area contributed by atoms with Crippen LogP contribution in [0.25, 0.3) is 87.6 Å². The summed E-state index contributed by atoms with van der Waals surface area (Å²) in [7, 11) is -2.93. The second kappa shape index (κ2) is 14.7. The Labute approximate surface area is 361 Å². The average molecular weight is 805 g/mol. The zero-order valence-corrected chi connectivity index (χ0v) is 35.0. The summed E-state index contributed by atoms with van der Waals surface area (Å²) in [5.74, 6) is 0. The maximum Gasteiger partial charge on any atom is 0.179 e. The molecular formula is C60H40OSi. The van der Waals surface area contributed by atoms with Crippen molar-refractivity contribution in [3.8, 4) is 33.4 Å². The van der Waals surface area contributed by atoms with Crippen LogP contribution >= 0.6 is 0 Å². The predicted molar refractivity (Wildman–Crippen MR) is 266 cm³/mol. The lowest BCUT2D eigenvalue weighted by atomic mass is 9.85. The van der Waals surface area contributed by atoms with Gasteiger partial charge in [0, 0.05) is 21.9 Å². The lowest BCUT2D eigenvalue weighted by Crippen LogP contribution is -2.74. The van der Waals surface area contributed by atoms with Crippen LogP contribution in [-0.4, -0.2) is 8.07 Å². The molecule has 0 atom stereocenters. The first-order valence-corrected chi connectivity index (χ1v) is 23.4. The van der Waals surface area contributed by atoms with E-state index in [9.17, 15) is 0 Å². The van der Waals surface area contributed by atoms with Crippen LogP contribution in [0, 0.1) is 0 Å². The summed E-state index contributed by atoms with van der Waals surface area (Å²) in [5, 5.41) is 14.9. The van der Waals surface area contributed by atoms with Gasteiger partial charge in [0.15, 0.2) is 8.07 Å². The van der Waals surface area contributed by atoms with Gasteiger partial charge in [0.1, 0.15) is 11.2 Å². The molecule has 12 aromatic rings. The van der Waals surface area contributed by atoms with Crippen LogP contribution < -0.4 is 20.7 Å². The van der Waals surface area contributed by atoms with E-state index in [1.165, 1.54) is 80.9 Å². The van der Waals surface area contributed by atoms with Gasteiger partial charge in [-0.2, -0.15) is 0 Å². The summed E-state index contributed by atoms with van der Waals surface area (Å²) in [6.07, 6.45) is 0. The molecule has 1 nitrogen and oxygen atoms in total. The second-order valence-corrected chi connectivity index (χ2v) is 20.1. The van der Waals surface area contributed by atoms with E-state index in [2.05, 4.69) is 243 Å². The van der Waals surface area contributed by atoms with Crippen LogP contribution in [0.1, 0.15) is 0 Å². The molecule has 0 saturated carbocycles. The fraction of sp³-hybridized carbons (Fsp3) is 0. The number of benzene rings is 11. The SMILES string of the molecule is c1ccc([Si](c2ccccc2)(c2ccccc2)c2cc(-c3c4ccccc4c(-c4ccc(-c5cccc6ccccc56)cc4)c4ccccc34)c3oc4ccccc4c3c2)cc1. The Morgan fingerprint density at radius 2 is 0.726 bits per heavy atom. The third-order valence-corrected chi connectivity index (χ3v) is 17.8. The summed E-state index contributed by atoms with van der Waals surface area (Å²) < 4.78 is 7.04. The Morgan fingerprint density at radius 3 is 1.31 bits per heavy atom. The largest absolute Gasteiger partial charge is 0.455 e. The molecule has 0 amide bonds. The molecule has 2 heteroatoms. The number of furan rings is 1. The summed E-state index contributed by atoms with van der Waals surface area (Å²) in [6, 6.07) is 89.5. The van der Waals surface area contributed by atoms with E-state index < -0.39 is 8.07 Å². The zero-order valence-electron chi connectivity index (χ0n) is 34.0. The minimum atomic E-state index is -2.93. The molecule has 0 aliphatic carbocycles. The number of fused-ring (bicyclic) bond motifs is 6. The number of hydrogen-bond donors (Lipinski definition) is 0. The quantitative estimate of drug-likeness (QED) is 0.0888. The Kier molecular flexibility index (Phi) is 8.58. The van der Waals surface area contributed by atoms with E-state index in [1.54, 1.807) is 0 Å². The van der Waals surface area contributed by atoms with Gasteiger partial charge in [-0.05, 0) is 81.4 Å². The first-order chi connectivity index (χ1) is 30.8. The summed E-state index contributed by atoms with van der Waals surface area (Å²) in [4.78, 5) is 0. The fourth-order valence-corrected chi connectivity index (χ4v) is 15.1. The maximum atomic E-state index is 7.04. The van der Waals surface area contributed by atoms with Gasteiger partial charge in [-0.25, -0.2) is 0 Å². The third kappa shape index (κ3) is 5.61. The highest BCUT2D eigenvalue weighted by molar-refractivity contribution is 7.20. The van der Waals surface area contributed by atoms with E-state index in [-0.39, 0.29) is 0 Å². The molecule has 290 valence electrons. The zero-order chi connectivity index (χ0) is 41.0. The summed E-state index contributed by atoms with van der Waals surface area (Å²) in [5.41, 5.74) is 8.99. The lowest BCUT2D eigenvalue weighted by Gasteiger charge is -2.35. The van der Waals surface area contributed by atoms with Crippen molar-refractivity contribution < 1.29 is 4.42 Å². The molecule has 0 fully saturated rings. The highest BCUT2D eigenvalue weighted by atomic mass is 28.3. The van der Waals surface area contributed by atoms with Gasteiger partial charge in [-0.1, -0.05) is 237 Å². The number of para-hydroxylation sites is 1. The minimum Gasteiger partial charge on any atom is -0.455 e. The van der Waals surface area contributed by atoms with Gasteiger partial charge < -0.3 is 4.42 Å². The summed E-state index contributed by atoms with van der Waals surface area (Å²) >= 11 is 0. The average Bonchev–Trinajstić information content (AvgIpc) is 3.73. The van der Waals surface area contributed by atoms with Gasteiger partial charge in [0.05, 0.1) is 0 Å². The van der Waals surface area contributed by atoms with Crippen LogP contribution in [0.15, 0.2) is 247 Å². The van der Waals surface area contributed by atoms with Gasteiger partial charge in [0.2, 0.25) is 0 Å². The van der Waals surface area contributed by atoms with Crippen LogP contribution in [0.4, 0.5) is 0 Å². The third-order valence-electron chi connectivity index (χ3n) is 13.0. The van der Waals surface area contributed by atoms with Crippen molar-refractivity contribution in [2.24, 2.45) is 0 Å². The second-order valence-electron chi connectivity index (χ2n) is 16.3. The van der Waals surface area contributed by atoms with Gasteiger partial charge in [0.25, 0.3) is 0 Å². The molecule has 0 saturated heterocycles. The Morgan fingerprint density at radius 1 is 0.274 bits per heavy atom. The predicted octanol–water partition coefficient (Wildman–Crippen LogP) is 13.4. The highest BCUT2D eigenvalue weighted by Crippen LogP contribution is 2.47. The van der Waals surface area contributed by atoms with Crippen LogP contribution in [0.5, 0.6) is 0 Å². The topological polar surface area (TPSA) is 13.1 Å². The van der Waals surface area contributed by atoms with Gasteiger partial charge >= 0.3 is 0 Å². The Balaban J connectivity index is 1.17. The number of rotatable bonds is 7. The minimum absolute atomic E-state index is 0.892. The lowest BCUT2D eigenvalue weighted by molar-refractivity contribution is 0.670. The Hall–Kier alpha value is -7.78. The molecule has 0 N–H and O–H groups in total. The molecule has 0 aliphatic rings. The normalized spacial score (nSPS) is 11.9. The van der Waals surface area contributed by atoms with Crippen molar-refractivity contribution in [3.63, 3.8) is 0 Å². The van der Waals surface area contributed by atoms with E-state index in [4.69, 9.17) is 4.42 Å². The first-order valence-electron chi connectivity index (χ1n) is 21.4. The molecule has 11 aromatic carbocycles. The first kappa shape index (κ1) is 36.1. The smallest absolute Gasteiger partial charge is 0.179 e. The monoisotopic (exact) mass is 804 g/mol. The van der Waals surface area contributed by atoms with Crippen LogP contribution in [0.3, 0.4) is 0 Å². The van der Waals surface area contributed by atoms with Crippen molar-refractivity contribution in [3.05, 3.63) is 243 Å². The van der Waals surface area contributed by atoms with Gasteiger partial charge in [-0.3, -0.25) is 0 Å². The molecule has 0 unspecified atom stereocenters. The van der Waals surface area contributed by atoms with E-state index >= 15 is 0 Å². The van der Waals surface area contributed by atoms with Crippen molar-refractivity contribution in [2.45, 2.75) is 0 Å².